The van der Waals surface area contributed by atoms with Crippen LogP contribution in [0.5, 0.6) is 0 Å². The molecule has 6 heteroatoms. The summed E-state index contributed by atoms with van der Waals surface area (Å²) in [6.45, 7) is 2.16. The van der Waals surface area contributed by atoms with Crippen molar-refractivity contribution in [1.29, 1.82) is 0 Å². The Morgan fingerprint density at radius 3 is 2.79 bits per heavy atom. The normalized spacial score (nSPS) is 22.2. The molecule has 1 aliphatic rings. The maximum atomic E-state index is 12.1. The van der Waals surface area contributed by atoms with E-state index in [0.717, 1.165) is 19.3 Å². The number of amides is 1. The molecule has 0 bridgehead atoms. The minimum atomic E-state index is -0.499. The molecule has 2 rings (SSSR count). The second kappa shape index (κ2) is 5.69. The van der Waals surface area contributed by atoms with Gasteiger partial charge in [-0.1, -0.05) is 6.92 Å². The van der Waals surface area contributed by atoms with Crippen LogP contribution in [0.15, 0.2) is 22.7 Å². The Labute approximate surface area is 119 Å². The SMILES string of the molecule is CC1CCC(NC(=O)c2cc([N+](=O)[O-])ccc2Br)C1. The lowest BCUT2D eigenvalue weighted by Gasteiger charge is -2.13. The van der Waals surface area contributed by atoms with E-state index in [1.807, 2.05) is 0 Å². The molecule has 1 fully saturated rings. The van der Waals surface area contributed by atoms with Crippen LogP contribution in [0.2, 0.25) is 0 Å². The number of hydrogen-bond acceptors (Lipinski definition) is 3. The summed E-state index contributed by atoms with van der Waals surface area (Å²) in [6, 6.07) is 4.38. The van der Waals surface area contributed by atoms with Gasteiger partial charge in [0.25, 0.3) is 11.6 Å². The van der Waals surface area contributed by atoms with Crippen LogP contribution in [-0.2, 0) is 0 Å². The highest BCUT2D eigenvalue weighted by Crippen LogP contribution is 2.26. The summed E-state index contributed by atoms with van der Waals surface area (Å²) in [7, 11) is 0. The van der Waals surface area contributed by atoms with Crippen LogP contribution in [-0.4, -0.2) is 16.9 Å². The standard InChI is InChI=1S/C13H15BrN2O3/c1-8-2-3-9(6-8)15-13(17)11-7-10(16(18)19)4-5-12(11)14/h4-5,7-9H,2-3,6H2,1H3,(H,15,17). The minimum Gasteiger partial charge on any atom is -0.349 e. The van der Waals surface area contributed by atoms with Gasteiger partial charge in [-0.2, -0.15) is 0 Å². The van der Waals surface area contributed by atoms with Crippen molar-refractivity contribution >= 4 is 27.5 Å². The molecule has 0 aliphatic heterocycles. The zero-order valence-corrected chi connectivity index (χ0v) is 12.1. The Hall–Kier alpha value is -1.43. The van der Waals surface area contributed by atoms with E-state index in [9.17, 15) is 14.9 Å². The van der Waals surface area contributed by atoms with Gasteiger partial charge in [0.1, 0.15) is 0 Å². The van der Waals surface area contributed by atoms with Crippen LogP contribution in [0.3, 0.4) is 0 Å². The van der Waals surface area contributed by atoms with Crippen molar-refractivity contribution in [3.05, 3.63) is 38.3 Å². The molecule has 5 nitrogen and oxygen atoms in total. The zero-order chi connectivity index (χ0) is 14.0. The van der Waals surface area contributed by atoms with Crippen LogP contribution in [0.1, 0.15) is 36.5 Å². The molecule has 0 radical (unpaired) electrons. The maximum Gasteiger partial charge on any atom is 0.270 e. The number of rotatable bonds is 3. The molecule has 1 aromatic rings. The Morgan fingerprint density at radius 1 is 1.47 bits per heavy atom. The van der Waals surface area contributed by atoms with Gasteiger partial charge in [-0.05, 0) is 47.2 Å². The van der Waals surface area contributed by atoms with Crippen LogP contribution in [0.25, 0.3) is 0 Å². The molecule has 1 N–H and O–H groups in total. The first-order chi connectivity index (χ1) is 8.97. The topological polar surface area (TPSA) is 72.2 Å². The number of nitrogens with zero attached hydrogens (tertiary/aromatic N) is 1. The molecule has 1 aromatic carbocycles. The van der Waals surface area contributed by atoms with E-state index in [1.54, 1.807) is 0 Å². The van der Waals surface area contributed by atoms with E-state index < -0.39 is 4.92 Å². The lowest BCUT2D eigenvalue weighted by atomic mass is 10.1. The molecule has 2 atom stereocenters. The average Bonchev–Trinajstić information content (AvgIpc) is 2.74. The van der Waals surface area contributed by atoms with Crippen LogP contribution >= 0.6 is 15.9 Å². The number of carbonyl (C=O) groups is 1. The number of nitro benzene ring substituents is 1. The van der Waals surface area contributed by atoms with Crippen molar-refractivity contribution in [3.63, 3.8) is 0 Å². The van der Waals surface area contributed by atoms with E-state index in [0.29, 0.717) is 16.0 Å². The Balaban J connectivity index is 2.14. The summed E-state index contributed by atoms with van der Waals surface area (Å²) in [5, 5.41) is 13.7. The van der Waals surface area contributed by atoms with E-state index in [1.165, 1.54) is 18.2 Å². The number of nitrogens with one attached hydrogen (secondary N) is 1. The fourth-order valence-corrected chi connectivity index (χ4v) is 2.83. The van der Waals surface area contributed by atoms with Gasteiger partial charge in [0.2, 0.25) is 0 Å². The second-order valence-electron chi connectivity index (χ2n) is 5.01. The van der Waals surface area contributed by atoms with Crippen molar-refractivity contribution in [2.75, 3.05) is 0 Å². The van der Waals surface area contributed by atoms with Crippen molar-refractivity contribution in [3.8, 4) is 0 Å². The van der Waals surface area contributed by atoms with E-state index >= 15 is 0 Å². The predicted octanol–water partition coefficient (Wildman–Crippen LogP) is 3.28. The van der Waals surface area contributed by atoms with E-state index in [-0.39, 0.29) is 17.6 Å². The summed E-state index contributed by atoms with van der Waals surface area (Å²) in [6.07, 6.45) is 3.05. The molecule has 102 valence electrons. The molecule has 1 amide bonds. The summed E-state index contributed by atoms with van der Waals surface area (Å²) in [5.74, 6) is 0.369. The fraction of sp³-hybridized carbons (Fsp3) is 0.462. The number of non-ortho nitro benzene ring substituents is 1. The summed E-state index contributed by atoms with van der Waals surface area (Å²) in [5.41, 5.74) is 0.238. The third-order valence-electron chi connectivity index (χ3n) is 3.44. The number of halogens is 1. The molecule has 0 saturated heterocycles. The van der Waals surface area contributed by atoms with Gasteiger partial charge in [-0.15, -0.1) is 0 Å². The average molecular weight is 327 g/mol. The highest BCUT2D eigenvalue weighted by Gasteiger charge is 2.24. The highest BCUT2D eigenvalue weighted by atomic mass is 79.9. The number of benzene rings is 1. The van der Waals surface area contributed by atoms with Crippen LogP contribution < -0.4 is 5.32 Å². The third-order valence-corrected chi connectivity index (χ3v) is 4.13. The molecule has 0 aromatic heterocycles. The first-order valence-corrected chi connectivity index (χ1v) is 7.01. The van der Waals surface area contributed by atoms with Crippen molar-refractivity contribution in [1.82, 2.24) is 5.32 Å². The Morgan fingerprint density at radius 2 is 2.21 bits per heavy atom. The Kier molecular flexibility index (Phi) is 4.19. The second-order valence-corrected chi connectivity index (χ2v) is 5.86. The quantitative estimate of drug-likeness (QED) is 0.684. The van der Waals surface area contributed by atoms with E-state index in [4.69, 9.17) is 0 Å². The van der Waals surface area contributed by atoms with Gasteiger partial charge in [-0.3, -0.25) is 14.9 Å². The van der Waals surface area contributed by atoms with Gasteiger partial charge in [0, 0.05) is 22.6 Å². The lowest BCUT2D eigenvalue weighted by Crippen LogP contribution is -2.33. The molecular formula is C13H15BrN2O3. The van der Waals surface area contributed by atoms with Gasteiger partial charge in [-0.25, -0.2) is 0 Å². The zero-order valence-electron chi connectivity index (χ0n) is 10.6. The van der Waals surface area contributed by atoms with Crippen molar-refractivity contribution < 1.29 is 9.72 Å². The molecular weight excluding hydrogens is 312 g/mol. The monoisotopic (exact) mass is 326 g/mol. The van der Waals surface area contributed by atoms with Crippen LogP contribution in [0.4, 0.5) is 5.69 Å². The first kappa shape index (κ1) is 14.0. The lowest BCUT2D eigenvalue weighted by molar-refractivity contribution is -0.384. The molecule has 1 aliphatic carbocycles. The minimum absolute atomic E-state index is 0.0758. The van der Waals surface area contributed by atoms with Gasteiger partial charge >= 0.3 is 0 Å². The third kappa shape index (κ3) is 3.32. The molecule has 1 saturated carbocycles. The molecule has 19 heavy (non-hydrogen) atoms. The summed E-state index contributed by atoms with van der Waals surface area (Å²) >= 11 is 3.26. The Bertz CT molecular complexity index is 519. The summed E-state index contributed by atoms with van der Waals surface area (Å²) < 4.78 is 0.571. The first-order valence-electron chi connectivity index (χ1n) is 6.22. The van der Waals surface area contributed by atoms with Gasteiger partial charge in [0.05, 0.1) is 10.5 Å². The predicted molar refractivity (Wildman–Crippen MR) is 75.1 cm³/mol. The van der Waals surface area contributed by atoms with E-state index in [2.05, 4.69) is 28.2 Å². The number of hydrogen-bond donors (Lipinski definition) is 1. The highest BCUT2D eigenvalue weighted by molar-refractivity contribution is 9.10. The van der Waals surface area contributed by atoms with Crippen molar-refractivity contribution in [2.24, 2.45) is 5.92 Å². The number of carbonyl (C=O) groups excluding carboxylic acids is 1. The molecule has 2 unspecified atom stereocenters. The summed E-state index contributed by atoms with van der Waals surface area (Å²) in [4.78, 5) is 22.4. The van der Waals surface area contributed by atoms with Crippen molar-refractivity contribution in [2.45, 2.75) is 32.2 Å². The number of nitro groups is 1. The molecule has 0 spiro atoms. The molecule has 0 heterocycles. The smallest absolute Gasteiger partial charge is 0.270 e. The fourth-order valence-electron chi connectivity index (χ4n) is 2.40. The van der Waals surface area contributed by atoms with Gasteiger partial charge in [0.15, 0.2) is 0 Å². The maximum absolute atomic E-state index is 12.1. The van der Waals surface area contributed by atoms with Crippen LogP contribution in [0, 0.1) is 16.0 Å². The van der Waals surface area contributed by atoms with Gasteiger partial charge < -0.3 is 5.32 Å². The largest absolute Gasteiger partial charge is 0.349 e.